The molecule has 1 aliphatic heterocycles. The van der Waals surface area contributed by atoms with E-state index in [1.807, 2.05) is 19.1 Å². The molecule has 0 aromatic rings. The van der Waals surface area contributed by atoms with Crippen LogP contribution in [0.15, 0.2) is 23.8 Å². The van der Waals surface area contributed by atoms with E-state index in [1.165, 1.54) is 0 Å². The standard InChI is InChI=1S/C20H34O3/c1-13(2)16-7-6-15(4)19-18(23-19)11-14(3)10-17(21)12-20(5,22)9-8-16/h8-10,13,15-19,21-22H,6-7,11-12H2,1-5H3. The van der Waals surface area contributed by atoms with E-state index in [0.29, 0.717) is 36.4 Å². The summed E-state index contributed by atoms with van der Waals surface area (Å²) >= 11 is 0. The van der Waals surface area contributed by atoms with Crippen LogP contribution in [0.5, 0.6) is 0 Å². The first-order chi connectivity index (χ1) is 10.7. The van der Waals surface area contributed by atoms with Gasteiger partial charge in [0.2, 0.25) is 0 Å². The maximum absolute atomic E-state index is 10.6. The van der Waals surface area contributed by atoms with Crippen LogP contribution in [0.3, 0.4) is 0 Å². The fourth-order valence-corrected chi connectivity index (χ4v) is 3.69. The summed E-state index contributed by atoms with van der Waals surface area (Å²) < 4.78 is 5.86. The summed E-state index contributed by atoms with van der Waals surface area (Å²) in [6.07, 6.45) is 9.46. The van der Waals surface area contributed by atoms with Crippen LogP contribution < -0.4 is 0 Å². The average Bonchev–Trinajstić information content (AvgIpc) is 3.14. The third-order valence-electron chi connectivity index (χ3n) is 5.32. The van der Waals surface area contributed by atoms with E-state index in [1.54, 1.807) is 6.92 Å². The van der Waals surface area contributed by atoms with Gasteiger partial charge >= 0.3 is 0 Å². The van der Waals surface area contributed by atoms with Crippen LogP contribution in [0.4, 0.5) is 0 Å². The van der Waals surface area contributed by atoms with Crippen LogP contribution in [-0.2, 0) is 4.74 Å². The molecule has 3 nitrogen and oxygen atoms in total. The van der Waals surface area contributed by atoms with E-state index in [0.717, 1.165) is 24.8 Å². The molecule has 0 bridgehead atoms. The maximum Gasteiger partial charge on any atom is 0.0881 e. The molecule has 2 aliphatic rings. The van der Waals surface area contributed by atoms with Crippen LogP contribution in [0.1, 0.15) is 60.3 Å². The van der Waals surface area contributed by atoms with Crippen LogP contribution >= 0.6 is 0 Å². The predicted octanol–water partition coefficient (Wildman–Crippen LogP) is 3.85. The van der Waals surface area contributed by atoms with Gasteiger partial charge in [-0.05, 0) is 50.9 Å². The van der Waals surface area contributed by atoms with Gasteiger partial charge in [-0.25, -0.2) is 0 Å². The second-order valence-electron chi connectivity index (χ2n) is 8.31. The Labute approximate surface area is 141 Å². The topological polar surface area (TPSA) is 53.0 Å². The Kier molecular flexibility index (Phi) is 6.10. The molecule has 0 saturated carbocycles. The van der Waals surface area contributed by atoms with Gasteiger partial charge in [0.15, 0.2) is 0 Å². The van der Waals surface area contributed by atoms with Crippen molar-refractivity contribution in [3.63, 3.8) is 0 Å². The lowest BCUT2D eigenvalue weighted by Crippen LogP contribution is -2.27. The Hall–Kier alpha value is -0.640. The summed E-state index contributed by atoms with van der Waals surface area (Å²) in [4.78, 5) is 0. The Balaban J connectivity index is 2.16. The molecule has 1 aliphatic carbocycles. The Bertz CT molecular complexity index is 450. The van der Waals surface area contributed by atoms with E-state index in [9.17, 15) is 10.2 Å². The number of aliphatic hydroxyl groups excluding tert-OH is 1. The highest BCUT2D eigenvalue weighted by Crippen LogP contribution is 2.37. The van der Waals surface area contributed by atoms with E-state index >= 15 is 0 Å². The maximum atomic E-state index is 10.6. The minimum atomic E-state index is -0.975. The van der Waals surface area contributed by atoms with Crippen molar-refractivity contribution in [1.82, 2.24) is 0 Å². The third kappa shape index (κ3) is 5.74. The molecule has 3 heteroatoms. The number of fused-ring (bicyclic) bond motifs is 1. The van der Waals surface area contributed by atoms with E-state index in [2.05, 4.69) is 26.8 Å². The predicted molar refractivity (Wildman–Crippen MR) is 94.1 cm³/mol. The van der Waals surface area contributed by atoms with Crippen molar-refractivity contribution in [3.05, 3.63) is 23.8 Å². The zero-order chi connectivity index (χ0) is 17.2. The summed E-state index contributed by atoms with van der Waals surface area (Å²) in [5.41, 5.74) is 0.173. The van der Waals surface area contributed by atoms with Crippen LogP contribution in [0.2, 0.25) is 0 Å². The molecule has 6 atom stereocenters. The molecule has 1 saturated heterocycles. The van der Waals surface area contributed by atoms with E-state index < -0.39 is 11.7 Å². The molecule has 0 amide bonds. The molecule has 23 heavy (non-hydrogen) atoms. The lowest BCUT2D eigenvalue weighted by atomic mass is 9.84. The molecule has 0 aromatic carbocycles. The average molecular weight is 322 g/mol. The first-order valence-electron chi connectivity index (χ1n) is 9.10. The summed E-state index contributed by atoms with van der Waals surface area (Å²) in [5.74, 6) is 1.57. The van der Waals surface area contributed by atoms with Gasteiger partial charge < -0.3 is 14.9 Å². The van der Waals surface area contributed by atoms with Crippen molar-refractivity contribution in [1.29, 1.82) is 0 Å². The van der Waals surface area contributed by atoms with Crippen molar-refractivity contribution in [2.75, 3.05) is 0 Å². The molecular weight excluding hydrogens is 288 g/mol. The fraction of sp³-hybridized carbons (Fsp3) is 0.800. The van der Waals surface area contributed by atoms with E-state index in [-0.39, 0.29) is 0 Å². The number of hydrogen-bond acceptors (Lipinski definition) is 3. The normalized spacial score (nSPS) is 42.8. The van der Waals surface area contributed by atoms with Gasteiger partial charge in [-0.2, -0.15) is 0 Å². The Morgan fingerprint density at radius 1 is 1.30 bits per heavy atom. The first-order valence-corrected chi connectivity index (χ1v) is 9.10. The summed E-state index contributed by atoms with van der Waals surface area (Å²) in [6.45, 7) is 10.6. The van der Waals surface area contributed by atoms with Gasteiger partial charge in [0.05, 0.1) is 23.9 Å². The zero-order valence-corrected chi connectivity index (χ0v) is 15.3. The highest BCUT2D eigenvalue weighted by atomic mass is 16.6. The number of aliphatic hydroxyl groups is 2. The SMILES string of the molecule is CC1=CC(O)CC(C)(O)C=CC(C(C)C)CCC(C)C2OC2C1. The summed E-state index contributed by atoms with van der Waals surface area (Å²) in [5, 5.41) is 20.8. The van der Waals surface area contributed by atoms with E-state index in [4.69, 9.17) is 4.74 Å². The van der Waals surface area contributed by atoms with Crippen LogP contribution in [0.25, 0.3) is 0 Å². The summed E-state index contributed by atoms with van der Waals surface area (Å²) in [6, 6.07) is 0. The molecule has 1 heterocycles. The molecule has 0 spiro atoms. The molecule has 1 fully saturated rings. The second-order valence-corrected chi connectivity index (χ2v) is 8.31. The van der Waals surface area contributed by atoms with Crippen molar-refractivity contribution in [3.8, 4) is 0 Å². The smallest absolute Gasteiger partial charge is 0.0881 e. The van der Waals surface area contributed by atoms with Crippen molar-refractivity contribution < 1.29 is 14.9 Å². The number of rotatable bonds is 1. The van der Waals surface area contributed by atoms with Gasteiger partial charge in [-0.3, -0.25) is 0 Å². The monoisotopic (exact) mass is 322 g/mol. The molecule has 132 valence electrons. The summed E-state index contributed by atoms with van der Waals surface area (Å²) in [7, 11) is 0. The molecule has 0 aromatic heterocycles. The first kappa shape index (κ1) is 18.7. The lowest BCUT2D eigenvalue weighted by molar-refractivity contribution is 0.0564. The number of allylic oxidation sites excluding steroid dienone is 1. The zero-order valence-electron chi connectivity index (χ0n) is 15.3. The Morgan fingerprint density at radius 3 is 2.65 bits per heavy atom. The highest BCUT2D eigenvalue weighted by molar-refractivity contribution is 5.11. The van der Waals surface area contributed by atoms with Gasteiger partial charge in [0, 0.05) is 6.42 Å². The van der Waals surface area contributed by atoms with Gasteiger partial charge in [0.1, 0.15) is 0 Å². The lowest BCUT2D eigenvalue weighted by Gasteiger charge is -2.24. The van der Waals surface area contributed by atoms with Crippen LogP contribution in [0, 0.1) is 17.8 Å². The van der Waals surface area contributed by atoms with Crippen molar-refractivity contribution >= 4 is 0 Å². The van der Waals surface area contributed by atoms with Crippen molar-refractivity contribution in [2.45, 2.75) is 84.2 Å². The molecule has 2 N–H and O–H groups in total. The van der Waals surface area contributed by atoms with Crippen LogP contribution in [-0.4, -0.2) is 34.1 Å². The highest BCUT2D eigenvalue weighted by Gasteiger charge is 2.42. The molecule has 6 unspecified atom stereocenters. The second kappa shape index (κ2) is 7.50. The number of ether oxygens (including phenoxy) is 1. The number of hydrogen-bond donors (Lipinski definition) is 2. The van der Waals surface area contributed by atoms with Gasteiger partial charge in [-0.1, -0.05) is 44.6 Å². The third-order valence-corrected chi connectivity index (χ3v) is 5.32. The molecule has 2 rings (SSSR count). The molecule has 0 radical (unpaired) electrons. The minimum absolute atomic E-state index is 0.310. The fourth-order valence-electron chi connectivity index (χ4n) is 3.69. The Morgan fingerprint density at radius 2 is 2.00 bits per heavy atom. The van der Waals surface area contributed by atoms with Crippen molar-refractivity contribution in [2.24, 2.45) is 17.8 Å². The van der Waals surface area contributed by atoms with Gasteiger partial charge in [0.25, 0.3) is 0 Å². The minimum Gasteiger partial charge on any atom is -0.389 e. The number of epoxide rings is 1. The largest absolute Gasteiger partial charge is 0.389 e. The molecular formula is C20H34O3. The van der Waals surface area contributed by atoms with Gasteiger partial charge in [-0.15, -0.1) is 0 Å². The quantitative estimate of drug-likeness (QED) is 0.569.